The van der Waals surface area contributed by atoms with Crippen molar-refractivity contribution < 1.29 is 8.42 Å². The number of H-pyrrole nitrogens is 1. The summed E-state index contributed by atoms with van der Waals surface area (Å²) in [5.74, 6) is 0.505. The Bertz CT molecular complexity index is 1250. The van der Waals surface area contributed by atoms with Crippen LogP contribution in [0.15, 0.2) is 77.8 Å². The summed E-state index contributed by atoms with van der Waals surface area (Å²) in [6.07, 6.45) is 1.64. The summed E-state index contributed by atoms with van der Waals surface area (Å²) in [5, 5.41) is 14.3. The molecule has 0 spiro atoms. The van der Waals surface area contributed by atoms with Crippen molar-refractivity contribution in [1.29, 1.82) is 0 Å². The zero-order valence-electron chi connectivity index (χ0n) is 16.6. The molecule has 2 heterocycles. The summed E-state index contributed by atoms with van der Waals surface area (Å²) < 4.78 is 28.6. The molecule has 4 rings (SSSR count). The first kappa shape index (κ1) is 21.1. The topological polar surface area (TPSA) is 105 Å². The third-order valence-corrected chi connectivity index (χ3v) is 7.07. The van der Waals surface area contributed by atoms with E-state index in [-0.39, 0.29) is 11.4 Å². The molecule has 2 aromatic heterocycles. The molecule has 0 radical (unpaired) electrons. The van der Waals surface area contributed by atoms with E-state index in [9.17, 15) is 8.42 Å². The molecule has 0 aliphatic heterocycles. The molecule has 4 aromatic rings. The molecule has 1 unspecified atom stereocenters. The molecule has 0 amide bonds. The lowest BCUT2D eigenvalue weighted by molar-refractivity contribution is 0.333. The van der Waals surface area contributed by atoms with Gasteiger partial charge in [-0.1, -0.05) is 35.9 Å². The number of nitrogens with zero attached hydrogens (tertiary/aromatic N) is 5. The SMILES string of the molecule is CC(c1cccc(-c2nnn[nH]2)c1)N(Cc1ccccn1)S(=O)(=O)c1ccc(Cl)cc1. The van der Waals surface area contributed by atoms with Crippen LogP contribution in [0.25, 0.3) is 11.4 Å². The van der Waals surface area contributed by atoms with Gasteiger partial charge in [0.05, 0.1) is 17.1 Å². The normalized spacial score (nSPS) is 12.7. The molecule has 0 saturated carbocycles. The molecule has 31 heavy (non-hydrogen) atoms. The average molecular weight is 455 g/mol. The zero-order valence-corrected chi connectivity index (χ0v) is 18.1. The molecule has 0 saturated heterocycles. The van der Waals surface area contributed by atoms with Gasteiger partial charge in [-0.05, 0) is 65.4 Å². The molecular weight excluding hydrogens is 436 g/mol. The van der Waals surface area contributed by atoms with Crippen LogP contribution in [0, 0.1) is 0 Å². The van der Waals surface area contributed by atoms with Crippen molar-refractivity contribution in [2.45, 2.75) is 24.4 Å². The maximum Gasteiger partial charge on any atom is 0.243 e. The number of hydrogen-bond acceptors (Lipinski definition) is 6. The Kier molecular flexibility index (Phi) is 6.08. The Hall–Kier alpha value is -3.14. The maximum absolute atomic E-state index is 13.6. The largest absolute Gasteiger partial charge is 0.260 e. The molecule has 0 bridgehead atoms. The van der Waals surface area contributed by atoms with E-state index in [0.717, 1.165) is 11.1 Å². The van der Waals surface area contributed by atoms with Gasteiger partial charge < -0.3 is 0 Å². The highest BCUT2D eigenvalue weighted by atomic mass is 35.5. The van der Waals surface area contributed by atoms with Gasteiger partial charge in [-0.3, -0.25) is 4.98 Å². The Morgan fingerprint density at radius 1 is 1.06 bits per heavy atom. The highest BCUT2D eigenvalue weighted by Gasteiger charge is 2.30. The van der Waals surface area contributed by atoms with E-state index in [1.807, 2.05) is 37.3 Å². The van der Waals surface area contributed by atoms with Gasteiger partial charge in [0.25, 0.3) is 0 Å². The van der Waals surface area contributed by atoms with Crippen LogP contribution < -0.4 is 0 Å². The van der Waals surface area contributed by atoms with Gasteiger partial charge in [0.15, 0.2) is 5.82 Å². The van der Waals surface area contributed by atoms with Crippen molar-refractivity contribution in [2.75, 3.05) is 0 Å². The minimum atomic E-state index is -3.84. The minimum absolute atomic E-state index is 0.112. The summed E-state index contributed by atoms with van der Waals surface area (Å²) in [7, 11) is -3.84. The third-order valence-electron chi connectivity index (χ3n) is 4.88. The number of rotatable bonds is 7. The van der Waals surface area contributed by atoms with Gasteiger partial charge in [0.2, 0.25) is 10.0 Å². The number of tetrazole rings is 1. The first-order valence-electron chi connectivity index (χ1n) is 9.46. The Labute approximate surface area is 185 Å². The number of hydrogen-bond donors (Lipinski definition) is 1. The first-order valence-corrected chi connectivity index (χ1v) is 11.3. The molecule has 2 aromatic carbocycles. The second kappa shape index (κ2) is 8.93. The lowest BCUT2D eigenvalue weighted by atomic mass is 10.0. The second-order valence-corrected chi connectivity index (χ2v) is 9.20. The fraction of sp³-hybridized carbons (Fsp3) is 0.143. The summed E-state index contributed by atoms with van der Waals surface area (Å²) in [4.78, 5) is 4.48. The van der Waals surface area contributed by atoms with Gasteiger partial charge in [-0.15, -0.1) is 5.10 Å². The highest BCUT2D eigenvalue weighted by molar-refractivity contribution is 7.89. The fourth-order valence-corrected chi connectivity index (χ4v) is 4.93. The smallest absolute Gasteiger partial charge is 0.243 e. The van der Waals surface area contributed by atoms with Crippen LogP contribution in [0.3, 0.4) is 0 Å². The standard InChI is InChI=1S/C21H19ClN6O2S/c1-15(16-5-4-6-17(13-16)21-24-26-27-25-21)28(14-19-7-2-3-12-23-19)31(29,30)20-10-8-18(22)9-11-20/h2-13,15H,14H2,1H3,(H,24,25,26,27). The number of sulfonamides is 1. The fourth-order valence-electron chi connectivity index (χ4n) is 3.22. The summed E-state index contributed by atoms with van der Waals surface area (Å²) in [6.45, 7) is 1.95. The van der Waals surface area contributed by atoms with E-state index in [4.69, 9.17) is 11.6 Å². The van der Waals surface area contributed by atoms with Crippen LogP contribution in [0.2, 0.25) is 5.02 Å². The Morgan fingerprint density at radius 3 is 2.55 bits per heavy atom. The molecule has 1 atom stereocenters. The van der Waals surface area contributed by atoms with Crippen LogP contribution in [0.1, 0.15) is 24.2 Å². The number of halogens is 1. The van der Waals surface area contributed by atoms with Crippen LogP contribution in [-0.4, -0.2) is 38.3 Å². The number of nitrogens with one attached hydrogen (secondary N) is 1. The van der Waals surface area contributed by atoms with E-state index in [1.54, 1.807) is 30.5 Å². The number of aromatic amines is 1. The molecule has 158 valence electrons. The number of benzene rings is 2. The molecule has 10 heteroatoms. The molecule has 0 aliphatic rings. The van der Waals surface area contributed by atoms with Gasteiger partial charge in [-0.25, -0.2) is 13.5 Å². The summed E-state index contributed by atoms with van der Waals surface area (Å²) >= 11 is 5.96. The second-order valence-electron chi connectivity index (χ2n) is 6.88. The van der Waals surface area contributed by atoms with Crippen molar-refractivity contribution in [3.8, 4) is 11.4 Å². The lowest BCUT2D eigenvalue weighted by Crippen LogP contribution is -2.33. The van der Waals surface area contributed by atoms with Crippen molar-refractivity contribution in [2.24, 2.45) is 0 Å². The highest BCUT2D eigenvalue weighted by Crippen LogP contribution is 2.31. The van der Waals surface area contributed by atoms with Gasteiger partial charge in [0, 0.05) is 22.8 Å². The average Bonchev–Trinajstić information content (AvgIpc) is 3.33. The van der Waals surface area contributed by atoms with E-state index >= 15 is 0 Å². The summed E-state index contributed by atoms with van der Waals surface area (Å²) in [5.41, 5.74) is 2.20. The van der Waals surface area contributed by atoms with Gasteiger partial charge >= 0.3 is 0 Å². The predicted molar refractivity (Wildman–Crippen MR) is 116 cm³/mol. The monoisotopic (exact) mass is 454 g/mol. The Balaban J connectivity index is 1.75. The van der Waals surface area contributed by atoms with Crippen LogP contribution in [0.5, 0.6) is 0 Å². The minimum Gasteiger partial charge on any atom is -0.260 e. The number of aromatic nitrogens is 5. The first-order chi connectivity index (χ1) is 14.9. The molecular formula is C21H19ClN6O2S. The van der Waals surface area contributed by atoms with E-state index in [2.05, 4.69) is 25.6 Å². The third kappa shape index (κ3) is 4.63. The van der Waals surface area contributed by atoms with Crippen molar-refractivity contribution >= 4 is 21.6 Å². The lowest BCUT2D eigenvalue weighted by Gasteiger charge is -2.29. The van der Waals surface area contributed by atoms with Crippen molar-refractivity contribution in [3.63, 3.8) is 0 Å². The van der Waals surface area contributed by atoms with Crippen molar-refractivity contribution in [1.82, 2.24) is 29.9 Å². The van der Waals surface area contributed by atoms with E-state index in [1.165, 1.54) is 16.4 Å². The van der Waals surface area contributed by atoms with E-state index in [0.29, 0.717) is 16.5 Å². The predicted octanol–water partition coefficient (Wildman–Crippen LogP) is 3.87. The molecule has 1 N–H and O–H groups in total. The molecule has 8 nitrogen and oxygen atoms in total. The van der Waals surface area contributed by atoms with Crippen LogP contribution in [0.4, 0.5) is 0 Å². The Morgan fingerprint density at radius 2 is 1.87 bits per heavy atom. The van der Waals surface area contributed by atoms with Crippen LogP contribution in [-0.2, 0) is 16.6 Å². The maximum atomic E-state index is 13.6. The van der Waals surface area contributed by atoms with Crippen molar-refractivity contribution in [3.05, 3.63) is 89.2 Å². The molecule has 0 aliphatic carbocycles. The van der Waals surface area contributed by atoms with E-state index < -0.39 is 16.1 Å². The van der Waals surface area contributed by atoms with Gasteiger partial charge in [-0.2, -0.15) is 4.31 Å². The quantitative estimate of drug-likeness (QED) is 0.454. The molecule has 0 fully saturated rings. The van der Waals surface area contributed by atoms with Gasteiger partial charge in [0.1, 0.15) is 0 Å². The summed E-state index contributed by atoms with van der Waals surface area (Å²) in [6, 6.07) is 18.5. The van der Waals surface area contributed by atoms with Crippen LogP contribution >= 0.6 is 11.6 Å². The number of pyridine rings is 1. The zero-order chi connectivity index (χ0) is 21.8.